The third-order valence-electron chi connectivity index (χ3n) is 9.97. The molecule has 0 fully saturated rings. The molecule has 0 saturated heterocycles. The molecule has 7 rings (SSSR count). The van der Waals surface area contributed by atoms with Crippen molar-refractivity contribution in [2.45, 2.75) is 29.4 Å². The molecule has 5 N–H and O–H groups in total. The fraction of sp³-hybridized carbons (Fsp3) is 0.190. The van der Waals surface area contributed by atoms with Gasteiger partial charge in [-0.1, -0.05) is 48.5 Å². The molecule has 0 radical (unpaired) electrons. The summed E-state index contributed by atoms with van der Waals surface area (Å²) >= 11 is 0. The lowest BCUT2D eigenvalue weighted by molar-refractivity contribution is 0.195. The molecule has 2 aromatic heterocycles. The van der Waals surface area contributed by atoms with Crippen molar-refractivity contribution in [3.63, 3.8) is 0 Å². The molecule has 0 bridgehead atoms. The molecule has 0 spiro atoms. The van der Waals surface area contributed by atoms with Crippen molar-refractivity contribution < 1.29 is 40.9 Å². The van der Waals surface area contributed by atoms with E-state index in [1.54, 1.807) is 72.8 Å². The van der Waals surface area contributed by atoms with E-state index in [0.29, 0.717) is 28.4 Å². The number of anilines is 1. The Bertz CT molecular complexity index is 3010. The highest BCUT2D eigenvalue weighted by molar-refractivity contribution is 7.93. The summed E-state index contributed by atoms with van der Waals surface area (Å²) in [6.07, 6.45) is -1.47. The highest BCUT2D eigenvalue weighted by Crippen LogP contribution is 2.43. The Balaban J connectivity index is 1.52. The minimum absolute atomic E-state index is 0.0396. The number of hydrogen-bond acceptors (Lipinski definition) is 14. The van der Waals surface area contributed by atoms with Crippen LogP contribution in [0.3, 0.4) is 0 Å². The molecule has 5 aromatic carbocycles. The van der Waals surface area contributed by atoms with Gasteiger partial charge < -0.3 is 35.4 Å². The van der Waals surface area contributed by atoms with Crippen LogP contribution in [0.4, 0.5) is 10.7 Å². The number of nitrogens with zero attached hydrogens (tertiary/aromatic N) is 7. The zero-order chi connectivity index (χ0) is 44.9. The second-order valence-electron chi connectivity index (χ2n) is 13.9. The molecule has 324 valence electrons. The number of fused-ring (bicyclic) bond motifs is 1. The second kappa shape index (κ2) is 18.2. The number of sulfone groups is 1. The van der Waals surface area contributed by atoms with E-state index in [9.17, 15) is 23.6 Å². The predicted molar refractivity (Wildman–Crippen MR) is 230 cm³/mol. The first-order valence-corrected chi connectivity index (χ1v) is 22.1. The average molecular weight is 893 g/mol. The summed E-state index contributed by atoms with van der Waals surface area (Å²) in [5.74, 6) is 0.543. The molecule has 0 aliphatic carbocycles. The zero-order valence-corrected chi connectivity index (χ0v) is 35.6. The fourth-order valence-electron chi connectivity index (χ4n) is 6.86. The van der Waals surface area contributed by atoms with Gasteiger partial charge in [-0.25, -0.2) is 26.6 Å². The number of hydrogen-bond donors (Lipinski definition) is 4. The average Bonchev–Trinajstić information content (AvgIpc) is 3.92. The molecule has 1 amide bonds. The third-order valence-corrected chi connectivity index (χ3v) is 13.7. The van der Waals surface area contributed by atoms with Crippen LogP contribution in [0.15, 0.2) is 107 Å². The van der Waals surface area contributed by atoms with Crippen molar-refractivity contribution in [2.24, 2.45) is 0 Å². The third kappa shape index (κ3) is 9.37. The van der Waals surface area contributed by atoms with Crippen LogP contribution >= 0.6 is 0 Å². The summed E-state index contributed by atoms with van der Waals surface area (Å²) < 4.78 is 77.8. The van der Waals surface area contributed by atoms with Crippen LogP contribution < -0.4 is 25.3 Å². The van der Waals surface area contributed by atoms with Gasteiger partial charge in [0, 0.05) is 25.2 Å². The standard InChI is InChI=1S/C42H40N10O9S2/c1-59-30-11-4-26(5-12-30)23-51(24-27-6-13-31(60-2)14-7-27)63(57,58)39-35(62(55,56)21-20-45-42(53)54)19-18-33(34-17-10-29(22-43)37-38(34)47-41(44)46-37)36(39)40-48-50-52(49-40)25-28-8-15-32(61-3)16-9-28/h4-19,45H,20-21,23-25H2,1-3H3,(H,53,54)(H3,44,46,47). The van der Waals surface area contributed by atoms with Crippen LogP contribution in [0, 0.1) is 11.3 Å². The molecular formula is C42H40N10O9S2. The van der Waals surface area contributed by atoms with Crippen LogP contribution in [-0.2, 0) is 39.5 Å². The first-order valence-electron chi connectivity index (χ1n) is 19.0. The Hall–Kier alpha value is -7.54. The Morgan fingerprint density at radius 2 is 1.38 bits per heavy atom. The normalized spacial score (nSPS) is 11.7. The minimum Gasteiger partial charge on any atom is -0.497 e. The number of benzene rings is 5. The van der Waals surface area contributed by atoms with Gasteiger partial charge in [-0.3, -0.25) is 0 Å². The van der Waals surface area contributed by atoms with E-state index in [-0.39, 0.29) is 64.7 Å². The Labute approximate surface area is 361 Å². The van der Waals surface area contributed by atoms with E-state index in [0.717, 1.165) is 15.9 Å². The second-order valence-corrected chi connectivity index (χ2v) is 17.9. The van der Waals surface area contributed by atoms with Crippen LogP contribution in [0.2, 0.25) is 0 Å². The molecule has 0 aliphatic heterocycles. The maximum atomic E-state index is 15.9. The maximum absolute atomic E-state index is 15.9. The summed E-state index contributed by atoms with van der Waals surface area (Å²) in [6, 6.07) is 28.1. The topological polar surface area (TPSA) is 271 Å². The lowest BCUT2D eigenvalue weighted by Crippen LogP contribution is -2.33. The van der Waals surface area contributed by atoms with Gasteiger partial charge in [-0.05, 0) is 76.0 Å². The van der Waals surface area contributed by atoms with Gasteiger partial charge in [0.25, 0.3) is 0 Å². The van der Waals surface area contributed by atoms with Crippen molar-refractivity contribution in [2.75, 3.05) is 39.4 Å². The number of aromatic amines is 1. The van der Waals surface area contributed by atoms with Gasteiger partial charge in [0.1, 0.15) is 28.2 Å². The number of sulfonamides is 1. The number of nitriles is 1. The molecule has 2 heterocycles. The van der Waals surface area contributed by atoms with Crippen LogP contribution in [0.5, 0.6) is 17.2 Å². The summed E-state index contributed by atoms with van der Waals surface area (Å²) in [6.45, 7) is -0.993. The Kier molecular flexibility index (Phi) is 12.6. The number of methoxy groups -OCH3 is 3. The number of carbonyl (C=O) groups is 1. The van der Waals surface area contributed by atoms with Gasteiger partial charge in [0.2, 0.25) is 15.8 Å². The number of nitrogen functional groups attached to an aromatic ring is 1. The van der Waals surface area contributed by atoms with E-state index in [1.165, 1.54) is 44.3 Å². The van der Waals surface area contributed by atoms with Gasteiger partial charge in [0.15, 0.2) is 15.8 Å². The monoisotopic (exact) mass is 892 g/mol. The van der Waals surface area contributed by atoms with Crippen LogP contribution in [0.25, 0.3) is 33.5 Å². The number of aromatic nitrogens is 6. The summed E-state index contributed by atoms with van der Waals surface area (Å²) in [7, 11) is -5.10. The van der Waals surface area contributed by atoms with Crippen molar-refractivity contribution in [1.29, 1.82) is 5.26 Å². The highest BCUT2D eigenvalue weighted by Gasteiger charge is 2.38. The predicted octanol–water partition coefficient (Wildman–Crippen LogP) is 4.84. The molecule has 19 nitrogen and oxygen atoms in total. The zero-order valence-electron chi connectivity index (χ0n) is 34.0. The van der Waals surface area contributed by atoms with E-state index in [1.807, 2.05) is 5.32 Å². The SMILES string of the molecule is COc1ccc(CN(Cc2ccc(OC)cc2)S(=O)(=O)c2c(S(=O)(=O)CCNC(=O)O)ccc(-c3ccc(C#N)c4[nH]c(N)nc34)c2-c2nnn(Cc3ccc(OC)cc3)n2)cc1. The van der Waals surface area contributed by atoms with Crippen molar-refractivity contribution in [3.05, 3.63) is 119 Å². The largest absolute Gasteiger partial charge is 0.497 e. The quantitative estimate of drug-likeness (QED) is 0.0952. The summed E-state index contributed by atoms with van der Waals surface area (Å²) in [4.78, 5) is 18.6. The van der Waals surface area contributed by atoms with Gasteiger partial charge in [-0.15, -0.1) is 10.2 Å². The van der Waals surface area contributed by atoms with Crippen LogP contribution in [-0.4, -0.2) is 96.1 Å². The first kappa shape index (κ1) is 43.5. The number of nitrogens with two attached hydrogens (primary N) is 1. The van der Waals surface area contributed by atoms with Crippen LogP contribution in [0.1, 0.15) is 22.3 Å². The lowest BCUT2D eigenvalue weighted by atomic mass is 9.96. The Morgan fingerprint density at radius 1 is 0.825 bits per heavy atom. The highest BCUT2D eigenvalue weighted by atomic mass is 32.2. The minimum atomic E-state index is -4.99. The molecule has 0 aliphatic rings. The lowest BCUT2D eigenvalue weighted by Gasteiger charge is -2.26. The van der Waals surface area contributed by atoms with E-state index >= 15 is 8.42 Å². The van der Waals surface area contributed by atoms with Gasteiger partial charge in [0.05, 0.1) is 60.7 Å². The molecule has 7 aromatic rings. The van der Waals surface area contributed by atoms with Crippen molar-refractivity contribution in [3.8, 4) is 45.8 Å². The van der Waals surface area contributed by atoms with Crippen molar-refractivity contribution in [1.82, 2.24) is 39.8 Å². The Morgan fingerprint density at radius 3 is 1.92 bits per heavy atom. The molecule has 21 heteroatoms. The molecule has 0 saturated carbocycles. The smallest absolute Gasteiger partial charge is 0.404 e. The molecule has 0 unspecified atom stereocenters. The number of tetrazole rings is 1. The van der Waals surface area contributed by atoms with Crippen molar-refractivity contribution >= 4 is 42.9 Å². The number of imidazole rings is 1. The molecule has 63 heavy (non-hydrogen) atoms. The number of nitrogens with one attached hydrogen (secondary N) is 2. The number of H-pyrrole nitrogens is 1. The first-order chi connectivity index (χ1) is 30.2. The van der Waals surface area contributed by atoms with E-state index < -0.39 is 48.0 Å². The van der Waals surface area contributed by atoms with E-state index in [4.69, 9.17) is 19.9 Å². The summed E-state index contributed by atoms with van der Waals surface area (Å²) in [5.41, 5.74) is 8.62. The number of amides is 1. The molecular weight excluding hydrogens is 853 g/mol. The summed E-state index contributed by atoms with van der Waals surface area (Å²) in [5, 5.41) is 34.5. The number of carboxylic acid groups (broad SMARTS) is 1. The molecule has 0 atom stereocenters. The maximum Gasteiger partial charge on any atom is 0.404 e. The van der Waals surface area contributed by atoms with Gasteiger partial charge >= 0.3 is 6.09 Å². The number of rotatable bonds is 17. The van der Waals surface area contributed by atoms with E-state index in [2.05, 4.69) is 31.4 Å². The van der Waals surface area contributed by atoms with Gasteiger partial charge in [-0.2, -0.15) is 14.4 Å². The fourth-order valence-corrected chi connectivity index (χ4v) is 10.5. The number of ether oxygens (including phenoxy) is 3.